The Balaban J connectivity index is 1.90. The maximum absolute atomic E-state index is 11.7. The molecule has 1 N–H and O–H groups in total. The summed E-state index contributed by atoms with van der Waals surface area (Å²) in [7, 11) is 0. The van der Waals surface area contributed by atoms with Gasteiger partial charge in [-0.1, -0.05) is 0 Å². The average molecular weight is 278 g/mol. The molecule has 1 fully saturated rings. The number of hydrogen-bond donors (Lipinski definition) is 1. The normalized spacial score (nSPS) is 19.0. The van der Waals surface area contributed by atoms with Crippen LogP contribution in [0.4, 0.5) is 10.6 Å². The largest absolute Gasteiger partial charge is 0.444 e. The molecular weight excluding hydrogens is 256 g/mol. The van der Waals surface area contributed by atoms with Crippen LogP contribution in [0.3, 0.4) is 0 Å². The minimum Gasteiger partial charge on any atom is -0.444 e. The zero-order valence-corrected chi connectivity index (χ0v) is 12.5. The summed E-state index contributed by atoms with van der Waals surface area (Å²) in [5.74, 6) is 0.890. The van der Waals surface area contributed by atoms with Crippen molar-refractivity contribution in [3.05, 3.63) is 18.1 Å². The second-order valence-corrected chi connectivity index (χ2v) is 6.04. The van der Waals surface area contributed by atoms with Crippen molar-refractivity contribution >= 4 is 11.9 Å². The number of hydrogen-bond acceptors (Lipinski definition) is 5. The molecule has 1 aromatic heterocycles. The Morgan fingerprint density at radius 1 is 1.40 bits per heavy atom. The molecule has 0 aromatic carbocycles. The van der Waals surface area contributed by atoms with Gasteiger partial charge < -0.3 is 15.0 Å². The van der Waals surface area contributed by atoms with Gasteiger partial charge in [-0.25, -0.2) is 9.78 Å². The van der Waals surface area contributed by atoms with Crippen molar-refractivity contribution in [2.45, 2.75) is 45.8 Å². The van der Waals surface area contributed by atoms with E-state index in [0.29, 0.717) is 0 Å². The number of aromatic nitrogens is 2. The van der Waals surface area contributed by atoms with Crippen LogP contribution in [0.5, 0.6) is 0 Å². The van der Waals surface area contributed by atoms with Crippen LogP contribution in [0.1, 0.15) is 32.9 Å². The van der Waals surface area contributed by atoms with Crippen LogP contribution in [-0.2, 0) is 4.74 Å². The Kier molecular flexibility index (Phi) is 4.11. The van der Waals surface area contributed by atoms with Crippen LogP contribution in [-0.4, -0.2) is 40.8 Å². The standard InChI is InChI=1S/C14H22N4O2/c1-10-12(16-7-6-15-10)18-8-5-11(9-18)17-13(19)20-14(2,3)4/h6-7,11H,5,8-9H2,1-4H3,(H,17,19)/t11-/m0/s1. The minimum absolute atomic E-state index is 0.0891. The van der Waals surface area contributed by atoms with Gasteiger partial charge in [-0.3, -0.25) is 4.98 Å². The second kappa shape index (κ2) is 5.64. The summed E-state index contributed by atoms with van der Waals surface area (Å²) in [6.07, 6.45) is 3.90. The summed E-state index contributed by atoms with van der Waals surface area (Å²) in [6.45, 7) is 9.11. The van der Waals surface area contributed by atoms with Gasteiger partial charge in [-0.15, -0.1) is 0 Å². The Morgan fingerprint density at radius 2 is 2.10 bits per heavy atom. The van der Waals surface area contributed by atoms with Crippen molar-refractivity contribution in [3.8, 4) is 0 Å². The van der Waals surface area contributed by atoms with Gasteiger partial charge in [0.05, 0.1) is 11.7 Å². The fraction of sp³-hybridized carbons (Fsp3) is 0.643. The monoisotopic (exact) mass is 278 g/mol. The maximum atomic E-state index is 11.7. The molecule has 110 valence electrons. The first-order valence-corrected chi connectivity index (χ1v) is 6.87. The third-order valence-corrected chi connectivity index (χ3v) is 3.06. The summed E-state index contributed by atoms with van der Waals surface area (Å²) < 4.78 is 5.27. The van der Waals surface area contributed by atoms with E-state index in [0.717, 1.165) is 31.0 Å². The van der Waals surface area contributed by atoms with E-state index in [1.807, 2.05) is 27.7 Å². The number of ether oxygens (including phenoxy) is 1. The lowest BCUT2D eigenvalue weighted by molar-refractivity contribution is 0.0509. The lowest BCUT2D eigenvalue weighted by atomic mass is 10.2. The molecule has 2 rings (SSSR count). The maximum Gasteiger partial charge on any atom is 0.407 e. The second-order valence-electron chi connectivity index (χ2n) is 6.04. The first-order valence-electron chi connectivity index (χ1n) is 6.87. The van der Waals surface area contributed by atoms with Crippen molar-refractivity contribution in [2.75, 3.05) is 18.0 Å². The summed E-state index contributed by atoms with van der Waals surface area (Å²) in [5, 5.41) is 2.90. The van der Waals surface area contributed by atoms with Gasteiger partial charge in [0.15, 0.2) is 0 Å². The smallest absolute Gasteiger partial charge is 0.407 e. The van der Waals surface area contributed by atoms with Gasteiger partial charge in [-0.2, -0.15) is 0 Å². The first-order chi connectivity index (χ1) is 9.35. The van der Waals surface area contributed by atoms with Gasteiger partial charge in [-0.05, 0) is 34.1 Å². The zero-order chi connectivity index (χ0) is 14.8. The van der Waals surface area contributed by atoms with E-state index in [1.54, 1.807) is 12.4 Å². The fourth-order valence-corrected chi connectivity index (χ4v) is 2.26. The van der Waals surface area contributed by atoms with Gasteiger partial charge in [0.25, 0.3) is 0 Å². The summed E-state index contributed by atoms with van der Waals surface area (Å²) in [5.41, 5.74) is 0.439. The van der Waals surface area contributed by atoms with Crippen molar-refractivity contribution in [1.29, 1.82) is 0 Å². The molecular formula is C14H22N4O2. The van der Waals surface area contributed by atoms with Crippen LogP contribution in [0.25, 0.3) is 0 Å². The molecule has 6 nitrogen and oxygen atoms in total. The molecule has 0 bridgehead atoms. The Hall–Kier alpha value is -1.85. The molecule has 1 saturated heterocycles. The van der Waals surface area contributed by atoms with Crippen LogP contribution >= 0.6 is 0 Å². The van der Waals surface area contributed by atoms with Crippen LogP contribution in [0.15, 0.2) is 12.4 Å². The summed E-state index contributed by atoms with van der Waals surface area (Å²) in [4.78, 5) is 22.5. The number of carbonyl (C=O) groups is 1. The average Bonchev–Trinajstić information content (AvgIpc) is 2.75. The van der Waals surface area contributed by atoms with E-state index >= 15 is 0 Å². The number of alkyl carbamates (subject to hydrolysis) is 1. The zero-order valence-electron chi connectivity index (χ0n) is 12.5. The van der Waals surface area contributed by atoms with E-state index in [2.05, 4.69) is 20.2 Å². The molecule has 1 aliphatic heterocycles. The molecule has 0 unspecified atom stereocenters. The minimum atomic E-state index is -0.468. The SMILES string of the molecule is Cc1nccnc1N1CC[C@H](NC(=O)OC(C)(C)C)C1. The van der Waals surface area contributed by atoms with Gasteiger partial charge in [0, 0.05) is 25.5 Å². The predicted molar refractivity (Wildman–Crippen MR) is 76.8 cm³/mol. The van der Waals surface area contributed by atoms with E-state index in [9.17, 15) is 4.79 Å². The van der Waals surface area contributed by atoms with Gasteiger partial charge in [0.2, 0.25) is 0 Å². The van der Waals surface area contributed by atoms with Crippen LogP contribution < -0.4 is 10.2 Å². The number of carbonyl (C=O) groups excluding carboxylic acids is 1. The molecule has 0 spiro atoms. The molecule has 1 aromatic rings. The highest BCUT2D eigenvalue weighted by atomic mass is 16.6. The lowest BCUT2D eigenvalue weighted by Crippen LogP contribution is -2.40. The van der Waals surface area contributed by atoms with E-state index in [-0.39, 0.29) is 12.1 Å². The summed E-state index contributed by atoms with van der Waals surface area (Å²) in [6, 6.07) is 0.0891. The van der Waals surface area contributed by atoms with Gasteiger partial charge in [0.1, 0.15) is 11.4 Å². The highest BCUT2D eigenvalue weighted by Gasteiger charge is 2.27. The molecule has 20 heavy (non-hydrogen) atoms. The number of nitrogens with zero attached hydrogens (tertiary/aromatic N) is 3. The fourth-order valence-electron chi connectivity index (χ4n) is 2.26. The third kappa shape index (κ3) is 3.82. The topological polar surface area (TPSA) is 67.4 Å². The molecule has 1 atom stereocenters. The lowest BCUT2D eigenvalue weighted by Gasteiger charge is -2.22. The molecule has 0 radical (unpaired) electrons. The Labute approximate surface area is 119 Å². The van der Waals surface area contributed by atoms with E-state index in [4.69, 9.17) is 4.74 Å². The molecule has 1 aliphatic rings. The number of amides is 1. The highest BCUT2D eigenvalue weighted by Crippen LogP contribution is 2.20. The van der Waals surface area contributed by atoms with Crippen molar-refractivity contribution < 1.29 is 9.53 Å². The number of nitrogens with one attached hydrogen (secondary N) is 1. The van der Waals surface area contributed by atoms with E-state index < -0.39 is 5.60 Å². The number of rotatable bonds is 2. The predicted octanol–water partition coefficient (Wildman–Crippen LogP) is 1.89. The quantitative estimate of drug-likeness (QED) is 0.894. The van der Waals surface area contributed by atoms with Crippen LogP contribution in [0, 0.1) is 6.92 Å². The molecule has 2 heterocycles. The van der Waals surface area contributed by atoms with Crippen molar-refractivity contribution in [1.82, 2.24) is 15.3 Å². The Morgan fingerprint density at radius 3 is 2.75 bits per heavy atom. The molecule has 0 aliphatic carbocycles. The van der Waals surface area contributed by atoms with Crippen LogP contribution in [0.2, 0.25) is 0 Å². The summed E-state index contributed by atoms with van der Waals surface area (Å²) >= 11 is 0. The molecule has 6 heteroatoms. The number of aryl methyl sites for hydroxylation is 1. The van der Waals surface area contributed by atoms with E-state index in [1.165, 1.54) is 0 Å². The number of anilines is 1. The Bertz CT molecular complexity index is 484. The van der Waals surface area contributed by atoms with Crippen molar-refractivity contribution in [2.24, 2.45) is 0 Å². The highest BCUT2D eigenvalue weighted by molar-refractivity contribution is 5.68. The van der Waals surface area contributed by atoms with Gasteiger partial charge >= 0.3 is 6.09 Å². The van der Waals surface area contributed by atoms with Crippen molar-refractivity contribution in [3.63, 3.8) is 0 Å². The third-order valence-electron chi connectivity index (χ3n) is 3.06. The molecule has 1 amide bonds. The first kappa shape index (κ1) is 14.6. The molecule has 0 saturated carbocycles.